The summed E-state index contributed by atoms with van der Waals surface area (Å²) < 4.78 is 4.83. The van der Waals surface area contributed by atoms with Gasteiger partial charge in [-0.25, -0.2) is 0 Å². The van der Waals surface area contributed by atoms with E-state index in [4.69, 9.17) is 4.74 Å². The van der Waals surface area contributed by atoms with Crippen LogP contribution in [-0.4, -0.2) is 56.1 Å². The normalized spacial score (nSPS) is 18.5. The molecule has 4 heteroatoms. The zero-order chi connectivity index (χ0) is 15.4. The number of likely N-dealkylation sites (N-methyl/N-ethyl adjacent to an activating group) is 1. The molecule has 0 saturated carbocycles. The summed E-state index contributed by atoms with van der Waals surface area (Å²) in [4.78, 5) is 16.5. The lowest BCUT2D eigenvalue weighted by atomic mass is 9.94. The largest absolute Gasteiger partial charge is 0.469 e. The smallest absolute Gasteiger partial charge is 0.312 e. The fraction of sp³-hybridized carbons (Fsp3) is 0.588. The van der Waals surface area contributed by atoms with Crippen LogP contribution in [0.5, 0.6) is 0 Å². The number of piperazine rings is 1. The van der Waals surface area contributed by atoms with Gasteiger partial charge in [0, 0.05) is 32.7 Å². The molecule has 0 spiro atoms. The van der Waals surface area contributed by atoms with E-state index in [1.165, 1.54) is 18.2 Å². The number of ether oxygens (including phenoxy) is 1. The van der Waals surface area contributed by atoms with E-state index >= 15 is 0 Å². The zero-order valence-electron chi connectivity index (χ0n) is 13.6. The molecule has 0 amide bonds. The van der Waals surface area contributed by atoms with Gasteiger partial charge in [-0.3, -0.25) is 9.69 Å². The maximum absolute atomic E-state index is 11.7. The van der Waals surface area contributed by atoms with E-state index in [0.29, 0.717) is 0 Å². The van der Waals surface area contributed by atoms with Gasteiger partial charge < -0.3 is 9.64 Å². The lowest BCUT2D eigenvalue weighted by molar-refractivity contribution is -0.142. The first-order valence-corrected chi connectivity index (χ1v) is 7.59. The fourth-order valence-corrected chi connectivity index (χ4v) is 2.89. The van der Waals surface area contributed by atoms with Gasteiger partial charge in [-0.1, -0.05) is 18.2 Å². The third-order valence-electron chi connectivity index (χ3n) is 4.36. The van der Waals surface area contributed by atoms with E-state index in [9.17, 15) is 4.79 Å². The molecule has 2 rings (SSSR count). The molecular formula is C17H26N2O2. The van der Waals surface area contributed by atoms with Gasteiger partial charge in [0.25, 0.3) is 0 Å². The van der Waals surface area contributed by atoms with Crippen molar-refractivity contribution in [1.29, 1.82) is 0 Å². The summed E-state index contributed by atoms with van der Waals surface area (Å²) in [6.45, 7) is 9.47. The van der Waals surface area contributed by atoms with Crippen molar-refractivity contribution < 1.29 is 9.53 Å². The second-order valence-electron chi connectivity index (χ2n) is 6.02. The minimum Gasteiger partial charge on any atom is -0.469 e. The number of nitrogens with zero attached hydrogens (tertiary/aromatic N) is 2. The summed E-state index contributed by atoms with van der Waals surface area (Å²) in [6.07, 6.45) is 0. The van der Waals surface area contributed by atoms with Gasteiger partial charge in [-0.15, -0.1) is 0 Å². The summed E-state index contributed by atoms with van der Waals surface area (Å²) in [5, 5.41) is 0. The lowest BCUT2D eigenvalue weighted by Crippen LogP contribution is -2.43. The van der Waals surface area contributed by atoms with Crippen molar-refractivity contribution in [3.8, 4) is 0 Å². The Labute approximate surface area is 127 Å². The Kier molecular flexibility index (Phi) is 5.37. The van der Waals surface area contributed by atoms with Crippen LogP contribution in [0.4, 0.5) is 0 Å². The van der Waals surface area contributed by atoms with Crippen molar-refractivity contribution in [3.63, 3.8) is 0 Å². The molecular weight excluding hydrogens is 264 g/mol. The van der Waals surface area contributed by atoms with Gasteiger partial charge in [0.2, 0.25) is 0 Å². The van der Waals surface area contributed by atoms with E-state index in [-0.39, 0.29) is 11.9 Å². The molecule has 0 aromatic heterocycles. The van der Waals surface area contributed by atoms with Crippen molar-refractivity contribution in [2.75, 3.05) is 40.3 Å². The highest BCUT2D eigenvalue weighted by Gasteiger charge is 2.18. The number of aryl methyl sites for hydroxylation is 1. The van der Waals surface area contributed by atoms with Gasteiger partial charge in [-0.05, 0) is 37.6 Å². The van der Waals surface area contributed by atoms with E-state index in [0.717, 1.165) is 38.3 Å². The predicted octanol–water partition coefficient (Wildman–Crippen LogP) is 2.02. The van der Waals surface area contributed by atoms with Crippen molar-refractivity contribution in [2.45, 2.75) is 26.3 Å². The molecule has 1 atom stereocenters. The first kappa shape index (κ1) is 16.0. The number of methoxy groups -OCH3 is 1. The Hall–Kier alpha value is -1.39. The van der Waals surface area contributed by atoms with Crippen LogP contribution in [0.2, 0.25) is 0 Å². The lowest BCUT2D eigenvalue weighted by Gasteiger charge is -2.32. The van der Waals surface area contributed by atoms with Crippen LogP contribution < -0.4 is 0 Å². The number of benzene rings is 1. The molecule has 1 aromatic carbocycles. The molecule has 1 saturated heterocycles. The van der Waals surface area contributed by atoms with Crippen LogP contribution in [0, 0.1) is 6.92 Å². The van der Waals surface area contributed by atoms with Gasteiger partial charge in [-0.2, -0.15) is 0 Å². The Bertz CT molecular complexity index is 494. The van der Waals surface area contributed by atoms with Crippen molar-refractivity contribution >= 4 is 5.97 Å². The summed E-state index contributed by atoms with van der Waals surface area (Å²) in [7, 11) is 3.61. The molecule has 21 heavy (non-hydrogen) atoms. The molecule has 1 unspecified atom stereocenters. The molecule has 1 aromatic rings. The first-order valence-electron chi connectivity index (χ1n) is 7.59. The van der Waals surface area contributed by atoms with Gasteiger partial charge in [0.1, 0.15) is 0 Å². The minimum absolute atomic E-state index is 0.176. The number of esters is 1. The van der Waals surface area contributed by atoms with Crippen molar-refractivity contribution in [1.82, 2.24) is 9.80 Å². The fourth-order valence-electron chi connectivity index (χ4n) is 2.89. The first-order chi connectivity index (χ1) is 10.0. The van der Waals surface area contributed by atoms with E-state index in [1.54, 1.807) is 0 Å². The minimum atomic E-state index is -0.201. The molecule has 0 bridgehead atoms. The van der Waals surface area contributed by atoms with Crippen molar-refractivity contribution in [2.24, 2.45) is 0 Å². The molecule has 1 aliphatic heterocycles. The summed E-state index contributed by atoms with van der Waals surface area (Å²) in [6, 6.07) is 6.41. The average Bonchev–Trinajstić information content (AvgIpc) is 2.48. The maximum Gasteiger partial charge on any atom is 0.312 e. The predicted molar refractivity (Wildman–Crippen MR) is 84.4 cm³/mol. The van der Waals surface area contributed by atoms with Crippen LogP contribution in [-0.2, 0) is 16.1 Å². The average molecular weight is 290 g/mol. The number of hydrogen-bond acceptors (Lipinski definition) is 4. The molecule has 0 aliphatic carbocycles. The topological polar surface area (TPSA) is 32.8 Å². The van der Waals surface area contributed by atoms with Gasteiger partial charge in [0.15, 0.2) is 0 Å². The van der Waals surface area contributed by atoms with Crippen LogP contribution >= 0.6 is 0 Å². The van der Waals surface area contributed by atoms with Crippen LogP contribution in [0.15, 0.2) is 18.2 Å². The molecule has 1 fully saturated rings. The van der Waals surface area contributed by atoms with Gasteiger partial charge in [0.05, 0.1) is 13.0 Å². The molecule has 1 aliphatic rings. The Morgan fingerprint density at radius 1 is 1.29 bits per heavy atom. The number of hydrogen-bond donors (Lipinski definition) is 0. The third kappa shape index (κ3) is 4.05. The zero-order valence-corrected chi connectivity index (χ0v) is 13.6. The van der Waals surface area contributed by atoms with Crippen LogP contribution in [0.1, 0.15) is 29.5 Å². The molecule has 116 valence electrons. The Morgan fingerprint density at radius 3 is 2.52 bits per heavy atom. The second-order valence-corrected chi connectivity index (χ2v) is 6.02. The van der Waals surface area contributed by atoms with Gasteiger partial charge >= 0.3 is 5.97 Å². The summed E-state index contributed by atoms with van der Waals surface area (Å²) in [5.41, 5.74) is 3.54. The van der Waals surface area contributed by atoms with Crippen molar-refractivity contribution in [3.05, 3.63) is 34.9 Å². The summed E-state index contributed by atoms with van der Waals surface area (Å²) >= 11 is 0. The van der Waals surface area contributed by atoms with E-state index in [2.05, 4.69) is 42.0 Å². The van der Waals surface area contributed by atoms with E-state index in [1.807, 2.05) is 6.92 Å². The Morgan fingerprint density at radius 2 is 1.95 bits per heavy atom. The summed E-state index contributed by atoms with van der Waals surface area (Å²) in [5.74, 6) is -0.377. The Balaban J connectivity index is 2.03. The molecule has 1 heterocycles. The maximum atomic E-state index is 11.7. The van der Waals surface area contributed by atoms with Crippen LogP contribution in [0.25, 0.3) is 0 Å². The SMILES string of the molecule is COC(=O)C(C)c1ccc(CN2CCN(C)CC2)cc1C. The highest BCUT2D eigenvalue weighted by atomic mass is 16.5. The van der Waals surface area contributed by atoms with Crippen LogP contribution in [0.3, 0.4) is 0 Å². The van der Waals surface area contributed by atoms with E-state index < -0.39 is 0 Å². The number of rotatable bonds is 4. The standard InChI is InChI=1S/C17H26N2O2/c1-13-11-15(12-19-9-7-18(3)8-10-19)5-6-16(13)14(2)17(20)21-4/h5-6,11,14H,7-10,12H2,1-4H3. The number of carbonyl (C=O) groups excluding carboxylic acids is 1. The molecule has 0 N–H and O–H groups in total. The second kappa shape index (κ2) is 7.05. The monoisotopic (exact) mass is 290 g/mol. The number of carbonyl (C=O) groups is 1. The molecule has 4 nitrogen and oxygen atoms in total. The highest BCUT2D eigenvalue weighted by molar-refractivity contribution is 5.78. The quantitative estimate of drug-likeness (QED) is 0.794. The molecule has 0 radical (unpaired) electrons. The third-order valence-corrected chi connectivity index (χ3v) is 4.36. The highest BCUT2D eigenvalue weighted by Crippen LogP contribution is 2.22.